The molecule has 0 bridgehead atoms. The number of fused-ring (bicyclic) bond motifs is 1. The van der Waals surface area contributed by atoms with Gasteiger partial charge in [0.2, 0.25) is 0 Å². The van der Waals surface area contributed by atoms with Crippen molar-refractivity contribution in [3.8, 4) is 0 Å². The summed E-state index contributed by atoms with van der Waals surface area (Å²) in [6, 6.07) is 9.95. The van der Waals surface area contributed by atoms with Gasteiger partial charge in [-0.15, -0.1) is 0 Å². The molecule has 0 spiro atoms. The van der Waals surface area contributed by atoms with Crippen LogP contribution < -0.4 is 0 Å². The van der Waals surface area contributed by atoms with E-state index in [0.717, 1.165) is 5.56 Å². The maximum atomic E-state index is 11.8. The highest BCUT2D eigenvalue weighted by Gasteiger charge is 2.26. The van der Waals surface area contributed by atoms with E-state index in [0.29, 0.717) is 11.5 Å². The van der Waals surface area contributed by atoms with Gasteiger partial charge in [0.05, 0.1) is 0 Å². The summed E-state index contributed by atoms with van der Waals surface area (Å²) in [5.74, 6) is 0.468. The topological polar surface area (TPSA) is 32.7 Å². The summed E-state index contributed by atoms with van der Waals surface area (Å²) < 4.78 is 0. The van der Waals surface area contributed by atoms with Gasteiger partial charge in [-0.3, -0.25) is 9.69 Å². The lowest BCUT2D eigenvalue weighted by atomic mass is 10.2. The Labute approximate surface area is 111 Å². The number of carbonyl (C=O) groups excluding carboxylic acids is 1. The molecule has 0 atom stereocenters. The Morgan fingerprint density at radius 3 is 2.79 bits per heavy atom. The summed E-state index contributed by atoms with van der Waals surface area (Å²) in [7, 11) is 0. The first-order valence-corrected chi connectivity index (χ1v) is 6.05. The first-order valence-electron chi connectivity index (χ1n) is 6.05. The molecule has 2 heterocycles. The van der Waals surface area contributed by atoms with Gasteiger partial charge in [0.15, 0.2) is 0 Å². The Morgan fingerprint density at radius 2 is 1.95 bits per heavy atom. The number of rotatable bonds is 2. The van der Waals surface area contributed by atoms with Gasteiger partial charge in [0.25, 0.3) is 5.91 Å². The molecule has 0 saturated carbocycles. The maximum Gasteiger partial charge on any atom is 0.295 e. The fraction of sp³-hybridized carbons (Fsp3) is 0. The van der Waals surface area contributed by atoms with E-state index in [-0.39, 0.29) is 5.91 Å². The number of hydrogen-bond acceptors (Lipinski definition) is 2. The predicted molar refractivity (Wildman–Crippen MR) is 76.1 cm³/mol. The lowest BCUT2D eigenvalue weighted by molar-refractivity contribution is -0.114. The van der Waals surface area contributed by atoms with Crippen LogP contribution in [0.15, 0.2) is 77.6 Å². The second-order valence-corrected chi connectivity index (χ2v) is 4.17. The smallest absolute Gasteiger partial charge is 0.295 e. The second kappa shape index (κ2) is 4.90. The van der Waals surface area contributed by atoms with Crippen molar-refractivity contribution >= 4 is 17.8 Å². The molecule has 3 nitrogen and oxygen atoms in total. The molecule has 0 unspecified atom stereocenters. The first-order chi connectivity index (χ1) is 9.34. The van der Waals surface area contributed by atoms with Gasteiger partial charge in [-0.25, -0.2) is 0 Å². The van der Waals surface area contributed by atoms with Crippen molar-refractivity contribution in [2.45, 2.75) is 0 Å². The summed E-state index contributed by atoms with van der Waals surface area (Å²) in [4.78, 5) is 17.6. The molecule has 0 radical (unpaired) electrons. The number of carbonyl (C=O) groups is 1. The van der Waals surface area contributed by atoms with Crippen LogP contribution in [0.5, 0.6) is 0 Å². The minimum absolute atomic E-state index is 0.205. The van der Waals surface area contributed by atoms with E-state index in [1.165, 1.54) is 0 Å². The third kappa shape index (κ3) is 2.31. The van der Waals surface area contributed by atoms with Crippen molar-refractivity contribution in [2.24, 2.45) is 4.99 Å². The molecule has 3 heteroatoms. The average molecular weight is 248 g/mol. The van der Waals surface area contributed by atoms with Gasteiger partial charge in [-0.05, 0) is 23.8 Å². The van der Waals surface area contributed by atoms with Crippen molar-refractivity contribution in [3.05, 3.63) is 78.2 Å². The van der Waals surface area contributed by atoms with E-state index >= 15 is 0 Å². The standard InChI is InChI=1S/C16H12N2O/c19-16-14(18-12-5-4-11-15(18)17-16)10-6-9-13-7-2-1-3-8-13/h1-12H/b9-6+,14-10-. The van der Waals surface area contributed by atoms with E-state index in [2.05, 4.69) is 4.99 Å². The van der Waals surface area contributed by atoms with Crippen LogP contribution in [0.25, 0.3) is 6.08 Å². The molecule has 0 fully saturated rings. The number of benzene rings is 1. The number of aliphatic imine (C=N–C) groups is 1. The SMILES string of the molecule is O=C1N=C2C=CC=CN2/C1=C\C=C\c1ccccc1. The Balaban J connectivity index is 1.82. The third-order valence-electron chi connectivity index (χ3n) is 2.88. The highest BCUT2D eigenvalue weighted by atomic mass is 16.2. The molecular formula is C16H12N2O. The van der Waals surface area contributed by atoms with E-state index in [1.54, 1.807) is 11.0 Å². The van der Waals surface area contributed by atoms with Gasteiger partial charge < -0.3 is 0 Å². The number of allylic oxidation sites excluding steroid dienone is 4. The second-order valence-electron chi connectivity index (χ2n) is 4.17. The van der Waals surface area contributed by atoms with Gasteiger partial charge in [0, 0.05) is 6.20 Å². The molecule has 1 amide bonds. The molecule has 2 aliphatic heterocycles. The van der Waals surface area contributed by atoms with Gasteiger partial charge in [-0.1, -0.05) is 48.6 Å². The van der Waals surface area contributed by atoms with E-state index < -0.39 is 0 Å². The van der Waals surface area contributed by atoms with Crippen molar-refractivity contribution in [3.63, 3.8) is 0 Å². The fourth-order valence-corrected chi connectivity index (χ4v) is 1.96. The highest BCUT2D eigenvalue weighted by molar-refractivity contribution is 6.15. The molecule has 92 valence electrons. The molecule has 1 aromatic rings. The van der Waals surface area contributed by atoms with E-state index in [9.17, 15) is 4.79 Å². The van der Waals surface area contributed by atoms with Gasteiger partial charge >= 0.3 is 0 Å². The van der Waals surface area contributed by atoms with E-state index in [4.69, 9.17) is 0 Å². The largest absolute Gasteiger partial charge is 0.297 e. The minimum atomic E-state index is -0.205. The molecule has 0 saturated heterocycles. The monoisotopic (exact) mass is 248 g/mol. The average Bonchev–Trinajstić information content (AvgIpc) is 2.76. The lowest BCUT2D eigenvalue weighted by Gasteiger charge is -2.15. The summed E-state index contributed by atoms with van der Waals surface area (Å²) >= 11 is 0. The first kappa shape index (κ1) is 11.4. The fourth-order valence-electron chi connectivity index (χ4n) is 1.96. The number of amides is 1. The quantitative estimate of drug-likeness (QED) is 0.754. The van der Waals surface area contributed by atoms with Crippen LogP contribution in [0.2, 0.25) is 0 Å². The van der Waals surface area contributed by atoms with Gasteiger partial charge in [0.1, 0.15) is 11.5 Å². The summed E-state index contributed by atoms with van der Waals surface area (Å²) in [5, 5.41) is 0. The van der Waals surface area contributed by atoms with Crippen LogP contribution >= 0.6 is 0 Å². The number of amidine groups is 1. The Hall–Kier alpha value is -2.68. The molecule has 0 N–H and O–H groups in total. The van der Waals surface area contributed by atoms with Crippen molar-refractivity contribution < 1.29 is 4.79 Å². The van der Waals surface area contributed by atoms with Crippen LogP contribution in [0.1, 0.15) is 5.56 Å². The highest BCUT2D eigenvalue weighted by Crippen LogP contribution is 2.20. The zero-order valence-corrected chi connectivity index (χ0v) is 10.2. The van der Waals surface area contributed by atoms with Crippen LogP contribution in [0.3, 0.4) is 0 Å². The molecule has 3 rings (SSSR count). The van der Waals surface area contributed by atoms with Crippen LogP contribution in [0.4, 0.5) is 0 Å². The Morgan fingerprint density at radius 1 is 1.11 bits per heavy atom. The van der Waals surface area contributed by atoms with Crippen molar-refractivity contribution in [2.75, 3.05) is 0 Å². The van der Waals surface area contributed by atoms with Gasteiger partial charge in [-0.2, -0.15) is 4.99 Å². The van der Waals surface area contributed by atoms with Crippen molar-refractivity contribution in [1.29, 1.82) is 0 Å². The number of nitrogens with zero attached hydrogens (tertiary/aromatic N) is 2. The number of hydrogen-bond donors (Lipinski definition) is 0. The Bertz CT molecular complexity index is 649. The predicted octanol–water partition coefficient (Wildman–Crippen LogP) is 2.91. The van der Waals surface area contributed by atoms with E-state index in [1.807, 2.05) is 66.9 Å². The normalized spacial score (nSPS) is 19.4. The van der Waals surface area contributed by atoms with Crippen LogP contribution in [0, 0.1) is 0 Å². The summed E-state index contributed by atoms with van der Waals surface area (Å²) in [6.45, 7) is 0. The lowest BCUT2D eigenvalue weighted by Crippen LogP contribution is -2.20. The molecule has 19 heavy (non-hydrogen) atoms. The zero-order chi connectivity index (χ0) is 13.1. The van der Waals surface area contributed by atoms with Crippen LogP contribution in [-0.2, 0) is 4.79 Å². The zero-order valence-electron chi connectivity index (χ0n) is 10.2. The molecule has 2 aliphatic rings. The third-order valence-corrected chi connectivity index (χ3v) is 2.88. The molecule has 0 aliphatic carbocycles. The molecular weight excluding hydrogens is 236 g/mol. The maximum absolute atomic E-state index is 11.8. The van der Waals surface area contributed by atoms with Crippen LogP contribution in [-0.4, -0.2) is 16.6 Å². The summed E-state index contributed by atoms with van der Waals surface area (Å²) in [5.41, 5.74) is 1.67. The van der Waals surface area contributed by atoms with Crippen molar-refractivity contribution in [1.82, 2.24) is 4.90 Å². The summed E-state index contributed by atoms with van der Waals surface area (Å²) in [6.07, 6.45) is 13.0. The molecule has 1 aromatic carbocycles. The minimum Gasteiger partial charge on any atom is -0.297 e. The molecule has 0 aromatic heterocycles. The Kier molecular flexibility index (Phi) is 2.94.